The Bertz CT molecular complexity index is 273. The van der Waals surface area contributed by atoms with Gasteiger partial charge < -0.3 is 19.0 Å². The van der Waals surface area contributed by atoms with E-state index in [1.165, 1.54) is 6.26 Å². The molecule has 0 saturated heterocycles. The van der Waals surface area contributed by atoms with E-state index in [1.54, 1.807) is 6.07 Å². The zero-order valence-corrected chi connectivity index (χ0v) is 4.90. The van der Waals surface area contributed by atoms with Gasteiger partial charge in [-0.05, 0) is 0 Å². The van der Waals surface area contributed by atoms with Crippen LogP contribution < -0.4 is 9.47 Å². The first-order chi connectivity index (χ1) is 4.86. The van der Waals surface area contributed by atoms with Gasteiger partial charge in [0, 0.05) is 6.07 Å². The van der Waals surface area contributed by atoms with Crippen molar-refractivity contribution >= 4 is 0 Å². The second-order valence-electron chi connectivity index (χ2n) is 1.75. The second-order valence-corrected chi connectivity index (χ2v) is 1.75. The summed E-state index contributed by atoms with van der Waals surface area (Å²) in [6, 6.07) is 1.55. The van der Waals surface area contributed by atoms with Crippen LogP contribution in [0, 0.1) is 0 Å². The molecule has 0 amide bonds. The summed E-state index contributed by atoms with van der Waals surface area (Å²) in [4.78, 5) is 0. The van der Waals surface area contributed by atoms with E-state index < -0.39 is 0 Å². The molecule has 0 aliphatic carbocycles. The number of ether oxygens (including phenoxy) is 2. The molecule has 0 atom stereocenters. The molecule has 0 aromatic carbocycles. The highest BCUT2D eigenvalue weighted by molar-refractivity contribution is 5.33. The predicted molar refractivity (Wildman–Crippen MR) is 30.7 cm³/mol. The maximum absolute atomic E-state index is 8.75. The highest BCUT2D eigenvalue weighted by Crippen LogP contribution is 2.32. The van der Waals surface area contributed by atoms with Gasteiger partial charge in [-0.2, -0.15) is 0 Å². The lowest BCUT2D eigenvalue weighted by atomic mass is 10.5. The summed E-state index contributed by atoms with van der Waals surface area (Å²) in [6.45, 7) is 0. The van der Waals surface area contributed by atoms with E-state index >= 15 is 0 Å². The van der Waals surface area contributed by atoms with Crippen LogP contribution in [-0.4, -0.2) is 5.11 Å². The van der Waals surface area contributed by atoms with Crippen molar-refractivity contribution in [3.8, 4) is 11.7 Å². The molecular weight excluding hydrogens is 136 g/mol. The summed E-state index contributed by atoms with van der Waals surface area (Å²) in [5.41, 5.74) is 0. The largest absolute Gasteiger partial charge is 0.478 e. The molecule has 10 heavy (non-hydrogen) atoms. The van der Waals surface area contributed by atoms with E-state index in [9.17, 15) is 0 Å². The minimum absolute atomic E-state index is 0.262. The Balaban J connectivity index is 2.39. The molecule has 4 nitrogen and oxygen atoms in total. The van der Waals surface area contributed by atoms with Crippen molar-refractivity contribution in [1.29, 1.82) is 0 Å². The Morgan fingerprint density at radius 1 is 1.40 bits per heavy atom. The lowest BCUT2D eigenvalue weighted by molar-refractivity contribution is 0.157. The molecule has 1 aliphatic heterocycles. The van der Waals surface area contributed by atoms with E-state index in [-0.39, 0.29) is 11.9 Å². The zero-order chi connectivity index (χ0) is 6.97. The second kappa shape index (κ2) is 1.70. The van der Waals surface area contributed by atoms with Gasteiger partial charge in [-0.3, -0.25) is 0 Å². The summed E-state index contributed by atoms with van der Waals surface area (Å²) in [5.74, 6) is 0.381. The van der Waals surface area contributed by atoms with Crippen LogP contribution in [0.1, 0.15) is 0 Å². The molecular formula is C6H4O4. The van der Waals surface area contributed by atoms with Crippen LogP contribution in [0.3, 0.4) is 0 Å². The lowest BCUT2D eigenvalue weighted by Crippen LogP contribution is -2.01. The van der Waals surface area contributed by atoms with E-state index in [1.807, 2.05) is 0 Å². The predicted octanol–water partition coefficient (Wildman–Crippen LogP) is 1.41. The summed E-state index contributed by atoms with van der Waals surface area (Å²) >= 11 is 0. The molecule has 52 valence electrons. The Morgan fingerprint density at radius 2 is 2.30 bits per heavy atom. The van der Waals surface area contributed by atoms with E-state index in [2.05, 4.69) is 0 Å². The number of aliphatic hydroxyl groups excluding tert-OH is 1. The van der Waals surface area contributed by atoms with Gasteiger partial charge in [-0.15, -0.1) is 0 Å². The molecule has 1 aromatic heterocycles. The molecule has 0 radical (unpaired) electrons. The molecule has 4 heteroatoms. The first-order valence-electron chi connectivity index (χ1n) is 2.67. The number of hydrogen-bond acceptors (Lipinski definition) is 4. The van der Waals surface area contributed by atoms with Crippen molar-refractivity contribution in [1.82, 2.24) is 0 Å². The third-order valence-corrected chi connectivity index (χ3v) is 1.08. The van der Waals surface area contributed by atoms with Gasteiger partial charge in [0.25, 0.3) is 0 Å². The molecule has 2 heterocycles. The Morgan fingerprint density at radius 3 is 3.20 bits per heavy atom. The number of rotatable bonds is 0. The summed E-state index contributed by atoms with van der Waals surface area (Å²) in [6.07, 6.45) is 2.48. The maximum Gasteiger partial charge on any atom is 0.334 e. The van der Waals surface area contributed by atoms with Crippen LogP contribution in [0.4, 0.5) is 0 Å². The van der Waals surface area contributed by atoms with Gasteiger partial charge in [0.05, 0.1) is 6.26 Å². The monoisotopic (exact) mass is 140 g/mol. The summed E-state index contributed by atoms with van der Waals surface area (Å²) in [7, 11) is 0. The lowest BCUT2D eigenvalue weighted by Gasteiger charge is -2.07. The van der Waals surface area contributed by atoms with Gasteiger partial charge in [-0.25, -0.2) is 0 Å². The molecule has 1 N–H and O–H groups in total. The summed E-state index contributed by atoms with van der Waals surface area (Å²) in [5, 5.41) is 8.75. The third kappa shape index (κ3) is 0.621. The van der Waals surface area contributed by atoms with Crippen LogP contribution in [0.2, 0.25) is 0 Å². The average molecular weight is 140 g/mol. The van der Waals surface area contributed by atoms with Gasteiger partial charge in [-0.1, -0.05) is 0 Å². The number of hydrogen-bond donors (Lipinski definition) is 1. The first kappa shape index (κ1) is 5.22. The van der Waals surface area contributed by atoms with Gasteiger partial charge in [0.2, 0.25) is 5.75 Å². The molecule has 0 unspecified atom stereocenters. The van der Waals surface area contributed by atoms with Crippen molar-refractivity contribution in [2.45, 2.75) is 0 Å². The fourth-order valence-corrected chi connectivity index (χ4v) is 0.686. The molecule has 2 rings (SSSR count). The number of furan rings is 1. The summed E-state index contributed by atoms with van der Waals surface area (Å²) < 4.78 is 14.3. The quantitative estimate of drug-likeness (QED) is 0.591. The normalized spacial score (nSPS) is 14.6. The van der Waals surface area contributed by atoms with Crippen LogP contribution in [0.15, 0.2) is 29.0 Å². The average Bonchev–Trinajstić information content (AvgIpc) is 2.33. The highest BCUT2D eigenvalue weighted by atomic mass is 16.7. The molecule has 0 bridgehead atoms. The van der Waals surface area contributed by atoms with Gasteiger partial charge >= 0.3 is 11.9 Å². The smallest absolute Gasteiger partial charge is 0.334 e. The topological polar surface area (TPSA) is 51.8 Å². The zero-order valence-electron chi connectivity index (χ0n) is 4.90. The Labute approximate surface area is 56.3 Å². The minimum Gasteiger partial charge on any atom is -0.478 e. The van der Waals surface area contributed by atoms with Crippen LogP contribution in [0.25, 0.3) is 0 Å². The van der Waals surface area contributed by atoms with Crippen molar-refractivity contribution in [3.63, 3.8) is 0 Å². The molecule has 1 aromatic rings. The molecule has 0 fully saturated rings. The van der Waals surface area contributed by atoms with Crippen molar-refractivity contribution in [2.75, 3.05) is 0 Å². The van der Waals surface area contributed by atoms with Crippen LogP contribution in [-0.2, 0) is 0 Å². The van der Waals surface area contributed by atoms with Gasteiger partial charge in [0.15, 0.2) is 6.26 Å². The first-order valence-corrected chi connectivity index (χ1v) is 2.67. The highest BCUT2D eigenvalue weighted by Gasteiger charge is 2.15. The van der Waals surface area contributed by atoms with Crippen molar-refractivity contribution < 1.29 is 19.0 Å². The van der Waals surface area contributed by atoms with E-state index in [0.717, 1.165) is 6.26 Å². The minimum atomic E-state index is -0.270. The van der Waals surface area contributed by atoms with E-state index in [4.69, 9.17) is 19.0 Å². The number of aliphatic hydroxyl groups is 1. The van der Waals surface area contributed by atoms with Gasteiger partial charge in [0.1, 0.15) is 0 Å². The molecule has 0 saturated carbocycles. The fourth-order valence-electron chi connectivity index (χ4n) is 0.686. The Kier molecular flexibility index (Phi) is 0.887. The SMILES string of the molecule is OC1=COc2occc2O1. The Hall–Kier alpha value is -1.58. The van der Waals surface area contributed by atoms with Crippen LogP contribution >= 0.6 is 0 Å². The standard InChI is InChI=1S/C6H4O4/c7-5-3-9-6-4(10-5)1-2-8-6/h1-3,7H. The van der Waals surface area contributed by atoms with Crippen molar-refractivity contribution in [3.05, 3.63) is 24.5 Å². The fraction of sp³-hybridized carbons (Fsp3) is 0. The third-order valence-electron chi connectivity index (χ3n) is 1.08. The van der Waals surface area contributed by atoms with E-state index in [0.29, 0.717) is 5.75 Å². The number of fused-ring (bicyclic) bond motifs is 1. The maximum atomic E-state index is 8.75. The van der Waals surface area contributed by atoms with Crippen molar-refractivity contribution in [2.24, 2.45) is 0 Å². The van der Waals surface area contributed by atoms with Crippen LogP contribution in [0.5, 0.6) is 11.7 Å². The molecule has 0 spiro atoms. The molecule has 1 aliphatic rings.